The summed E-state index contributed by atoms with van der Waals surface area (Å²) in [6.45, 7) is 8.28. The van der Waals surface area contributed by atoms with Crippen molar-refractivity contribution in [2.24, 2.45) is 5.92 Å². The molecule has 0 saturated heterocycles. The van der Waals surface area contributed by atoms with Crippen LogP contribution in [0.3, 0.4) is 0 Å². The molecule has 0 aromatic heterocycles. The molecule has 1 aromatic rings. The summed E-state index contributed by atoms with van der Waals surface area (Å²) in [4.78, 5) is 11.8. The van der Waals surface area contributed by atoms with Gasteiger partial charge in [0, 0.05) is 18.7 Å². The van der Waals surface area contributed by atoms with Crippen molar-refractivity contribution in [3.05, 3.63) is 29.8 Å². The van der Waals surface area contributed by atoms with Crippen LogP contribution in [0, 0.1) is 5.92 Å². The monoisotopic (exact) mass is 262 g/mol. The maximum absolute atomic E-state index is 11.8. The number of anilines is 1. The van der Waals surface area contributed by atoms with Gasteiger partial charge in [0.15, 0.2) is 0 Å². The minimum Gasteiger partial charge on any atom is -0.326 e. The number of carbonyl (C=O) groups is 1. The van der Waals surface area contributed by atoms with Gasteiger partial charge in [0.2, 0.25) is 5.91 Å². The molecule has 1 aromatic carbocycles. The minimum atomic E-state index is 0.103. The topological polar surface area (TPSA) is 41.1 Å². The number of hydrogen-bond donors (Lipinski definition) is 2. The molecule has 0 aliphatic heterocycles. The van der Waals surface area contributed by atoms with Crippen molar-refractivity contribution in [1.29, 1.82) is 0 Å². The van der Waals surface area contributed by atoms with E-state index < -0.39 is 0 Å². The average molecular weight is 262 g/mol. The summed E-state index contributed by atoms with van der Waals surface area (Å²) in [7, 11) is 0. The van der Waals surface area contributed by atoms with Gasteiger partial charge in [0.05, 0.1) is 0 Å². The van der Waals surface area contributed by atoms with Crippen molar-refractivity contribution in [1.82, 2.24) is 5.32 Å². The summed E-state index contributed by atoms with van der Waals surface area (Å²) < 4.78 is 0. The Morgan fingerprint density at radius 3 is 2.47 bits per heavy atom. The molecule has 0 radical (unpaired) electrons. The third-order valence-electron chi connectivity index (χ3n) is 3.22. The van der Waals surface area contributed by atoms with Crippen molar-refractivity contribution in [3.8, 4) is 0 Å². The van der Waals surface area contributed by atoms with E-state index in [4.69, 9.17) is 0 Å². The van der Waals surface area contributed by atoms with Gasteiger partial charge < -0.3 is 10.6 Å². The van der Waals surface area contributed by atoms with Gasteiger partial charge in [0.25, 0.3) is 0 Å². The molecular weight excluding hydrogens is 236 g/mol. The zero-order chi connectivity index (χ0) is 14.1. The Kier molecular flexibility index (Phi) is 7.19. The molecule has 1 rings (SSSR count). The average Bonchev–Trinajstić information content (AvgIpc) is 2.40. The number of rotatable bonds is 8. The highest BCUT2D eigenvalue weighted by Crippen LogP contribution is 2.12. The predicted octanol–water partition coefficient (Wildman–Crippen LogP) is 3.56. The second-order valence-electron chi connectivity index (χ2n) is 5.14. The lowest BCUT2D eigenvalue weighted by Gasteiger charge is -2.10. The Labute approximate surface area is 116 Å². The number of nitrogens with one attached hydrogen (secondary N) is 2. The van der Waals surface area contributed by atoms with E-state index in [0.29, 0.717) is 12.3 Å². The van der Waals surface area contributed by atoms with Crippen molar-refractivity contribution < 1.29 is 4.79 Å². The van der Waals surface area contributed by atoms with Crippen LogP contribution in [0.15, 0.2) is 24.3 Å². The fourth-order valence-corrected chi connectivity index (χ4v) is 1.79. The lowest BCUT2D eigenvalue weighted by Crippen LogP contribution is -2.15. The molecular formula is C16H26N2O. The lowest BCUT2D eigenvalue weighted by molar-refractivity contribution is -0.117. The summed E-state index contributed by atoms with van der Waals surface area (Å²) in [6, 6.07) is 8.05. The summed E-state index contributed by atoms with van der Waals surface area (Å²) in [5, 5.41) is 6.30. The van der Waals surface area contributed by atoms with E-state index in [9.17, 15) is 4.79 Å². The molecule has 3 heteroatoms. The SMILES string of the molecule is CCCNCc1ccc(NC(=O)CC(C)CC)cc1. The third kappa shape index (κ3) is 6.39. The van der Waals surface area contributed by atoms with Crippen LogP contribution in [0.2, 0.25) is 0 Å². The van der Waals surface area contributed by atoms with Crippen LogP contribution in [0.25, 0.3) is 0 Å². The lowest BCUT2D eigenvalue weighted by atomic mass is 10.0. The zero-order valence-electron chi connectivity index (χ0n) is 12.3. The Morgan fingerprint density at radius 2 is 1.89 bits per heavy atom. The van der Waals surface area contributed by atoms with Crippen LogP contribution in [-0.4, -0.2) is 12.5 Å². The first-order valence-corrected chi connectivity index (χ1v) is 7.25. The number of hydrogen-bond acceptors (Lipinski definition) is 2. The van der Waals surface area contributed by atoms with E-state index in [1.54, 1.807) is 0 Å². The van der Waals surface area contributed by atoms with Gasteiger partial charge >= 0.3 is 0 Å². The highest BCUT2D eigenvalue weighted by Gasteiger charge is 2.07. The Hall–Kier alpha value is -1.35. The molecule has 0 bridgehead atoms. The van der Waals surface area contributed by atoms with E-state index in [1.165, 1.54) is 5.56 Å². The smallest absolute Gasteiger partial charge is 0.224 e. The summed E-state index contributed by atoms with van der Waals surface area (Å²) in [6.07, 6.45) is 2.77. The maximum atomic E-state index is 11.8. The summed E-state index contributed by atoms with van der Waals surface area (Å²) in [5.41, 5.74) is 2.13. The Balaban J connectivity index is 2.41. The van der Waals surface area contributed by atoms with Gasteiger partial charge in [-0.15, -0.1) is 0 Å². The molecule has 1 amide bonds. The van der Waals surface area contributed by atoms with Crippen molar-refractivity contribution in [2.75, 3.05) is 11.9 Å². The van der Waals surface area contributed by atoms with Gasteiger partial charge in [-0.05, 0) is 36.6 Å². The number of carbonyl (C=O) groups excluding carboxylic acids is 1. The summed E-state index contributed by atoms with van der Waals surface area (Å²) in [5.74, 6) is 0.545. The largest absolute Gasteiger partial charge is 0.326 e. The molecule has 0 aliphatic rings. The van der Waals surface area contributed by atoms with Crippen LogP contribution in [0.1, 0.15) is 45.6 Å². The molecule has 19 heavy (non-hydrogen) atoms. The fraction of sp³-hybridized carbons (Fsp3) is 0.562. The Morgan fingerprint density at radius 1 is 1.21 bits per heavy atom. The first kappa shape index (κ1) is 15.7. The van der Waals surface area contributed by atoms with Crippen molar-refractivity contribution in [2.45, 2.75) is 46.6 Å². The van der Waals surface area contributed by atoms with Crippen molar-refractivity contribution >= 4 is 11.6 Å². The predicted molar refractivity (Wildman–Crippen MR) is 81.1 cm³/mol. The van der Waals surface area contributed by atoms with E-state index in [2.05, 4.69) is 43.5 Å². The van der Waals surface area contributed by atoms with Gasteiger partial charge in [-0.3, -0.25) is 4.79 Å². The van der Waals surface area contributed by atoms with Crippen LogP contribution in [-0.2, 0) is 11.3 Å². The second kappa shape index (κ2) is 8.70. The third-order valence-corrected chi connectivity index (χ3v) is 3.22. The quantitative estimate of drug-likeness (QED) is 0.703. The van der Waals surface area contributed by atoms with Gasteiger partial charge in [0.1, 0.15) is 0 Å². The van der Waals surface area contributed by atoms with Gasteiger partial charge in [-0.1, -0.05) is 39.3 Å². The molecule has 0 aliphatic carbocycles. The molecule has 0 heterocycles. The van der Waals surface area contributed by atoms with Crippen LogP contribution >= 0.6 is 0 Å². The van der Waals surface area contributed by atoms with E-state index >= 15 is 0 Å². The maximum Gasteiger partial charge on any atom is 0.224 e. The highest BCUT2D eigenvalue weighted by molar-refractivity contribution is 5.90. The van der Waals surface area contributed by atoms with Crippen LogP contribution < -0.4 is 10.6 Å². The molecule has 2 N–H and O–H groups in total. The number of amides is 1. The van der Waals surface area contributed by atoms with Crippen molar-refractivity contribution in [3.63, 3.8) is 0 Å². The Bertz CT molecular complexity index is 373. The highest BCUT2D eigenvalue weighted by atomic mass is 16.1. The van der Waals surface area contributed by atoms with Gasteiger partial charge in [-0.25, -0.2) is 0 Å². The molecule has 0 saturated carbocycles. The summed E-state index contributed by atoms with van der Waals surface area (Å²) >= 11 is 0. The molecule has 1 unspecified atom stereocenters. The van der Waals surface area contributed by atoms with Crippen LogP contribution in [0.4, 0.5) is 5.69 Å². The first-order chi connectivity index (χ1) is 9.15. The molecule has 3 nitrogen and oxygen atoms in total. The fourth-order valence-electron chi connectivity index (χ4n) is 1.79. The standard InChI is InChI=1S/C16H26N2O/c1-4-10-17-12-14-6-8-15(9-7-14)18-16(19)11-13(3)5-2/h6-9,13,17H,4-5,10-12H2,1-3H3,(H,18,19). The molecule has 106 valence electrons. The molecule has 0 spiro atoms. The zero-order valence-corrected chi connectivity index (χ0v) is 12.3. The van der Waals surface area contributed by atoms with E-state index in [-0.39, 0.29) is 5.91 Å². The minimum absolute atomic E-state index is 0.103. The van der Waals surface area contributed by atoms with Gasteiger partial charge in [-0.2, -0.15) is 0 Å². The van der Waals surface area contributed by atoms with E-state index in [1.807, 2.05) is 12.1 Å². The normalized spacial score (nSPS) is 12.2. The number of benzene rings is 1. The molecule has 1 atom stereocenters. The van der Waals surface area contributed by atoms with Crippen LogP contribution in [0.5, 0.6) is 0 Å². The second-order valence-corrected chi connectivity index (χ2v) is 5.14. The molecule has 0 fully saturated rings. The first-order valence-electron chi connectivity index (χ1n) is 7.25. The van der Waals surface area contributed by atoms with E-state index in [0.717, 1.165) is 31.6 Å².